The summed E-state index contributed by atoms with van der Waals surface area (Å²) in [7, 11) is -4.80. The van der Waals surface area contributed by atoms with Crippen LogP contribution in [0, 0.1) is 0 Å². The molecule has 0 radical (unpaired) electrons. The molecule has 0 spiro atoms. The van der Waals surface area contributed by atoms with E-state index in [-0.39, 0.29) is 19.4 Å². The maximum Gasteiger partial charge on any atom is 0.469 e. The van der Waals surface area contributed by atoms with Gasteiger partial charge in [-0.3, -0.25) is 14.1 Å². The minimum atomic E-state index is -4.80. The number of esters is 2. The predicted octanol–water partition coefficient (Wildman–Crippen LogP) is 12.0. The summed E-state index contributed by atoms with van der Waals surface area (Å²) in [6.07, 6.45) is 57.6. The van der Waals surface area contributed by atoms with Gasteiger partial charge in [0.1, 0.15) is 6.61 Å². The third kappa shape index (κ3) is 41.0. The van der Waals surface area contributed by atoms with Gasteiger partial charge in [-0.25, -0.2) is 4.57 Å². The van der Waals surface area contributed by atoms with E-state index in [0.717, 1.165) is 70.6 Å². The lowest BCUT2D eigenvalue weighted by Gasteiger charge is -2.18. The van der Waals surface area contributed by atoms with Crippen molar-refractivity contribution in [3.63, 3.8) is 0 Å². The first-order valence-corrected chi connectivity index (χ1v) is 21.0. The van der Waals surface area contributed by atoms with Crippen LogP contribution in [0.5, 0.6) is 0 Å². The van der Waals surface area contributed by atoms with Crippen LogP contribution in [0.2, 0.25) is 0 Å². The van der Waals surface area contributed by atoms with Gasteiger partial charge in [0.15, 0.2) is 6.10 Å². The van der Waals surface area contributed by atoms with Crippen LogP contribution < -0.4 is 0 Å². The Balaban J connectivity index is 4.23. The first-order chi connectivity index (χ1) is 26.3. The van der Waals surface area contributed by atoms with E-state index in [1.165, 1.54) is 0 Å². The van der Waals surface area contributed by atoms with Crippen molar-refractivity contribution in [3.8, 4) is 0 Å². The maximum atomic E-state index is 12.4. The normalized spacial score (nSPS) is 13.9. The summed E-state index contributed by atoms with van der Waals surface area (Å²) >= 11 is 0. The summed E-state index contributed by atoms with van der Waals surface area (Å²) in [5.74, 6) is -1.07. The average molecular weight is 767 g/mol. The molecule has 0 rings (SSSR count). The fraction of sp³-hybridized carbons (Fsp3) is 0.467. The molecule has 0 saturated heterocycles. The number of rotatable bonds is 33. The number of hydrogen-bond acceptors (Lipinski definition) is 6. The molecule has 0 aliphatic heterocycles. The van der Waals surface area contributed by atoms with Gasteiger partial charge in [-0.15, -0.1) is 0 Å². The second kappa shape index (κ2) is 38.9. The fourth-order valence-corrected chi connectivity index (χ4v) is 4.73. The second-order valence-corrected chi connectivity index (χ2v) is 13.4. The molecule has 0 saturated carbocycles. The standard InChI is InChI=1S/C45H67O8P/c1-3-5-7-9-11-13-15-17-19-21-22-24-26-28-30-32-34-36-38-40-45(47)53-43(42-52-54(48,49)50)41-51-44(46)39-37-35-33-31-29-27-25-23-20-18-16-14-12-10-8-6-4-2/h5-8,11-14,17-20,22,24-25,27-28,30-31,33-34,36,43H,3-4,9-10,15-16,21,23,26,29,32,35,37-42H2,1-2H3,(H2,48,49,50)/b7-5+,8-6+,13-11+,14-12+,19-17+,20-18+,24-22+,27-25+,30-28+,33-31+,36-34+/t43-/m1/s1. The van der Waals surface area contributed by atoms with Gasteiger partial charge in [-0.05, 0) is 89.9 Å². The smallest absolute Gasteiger partial charge is 0.462 e. The molecule has 0 aromatic heterocycles. The maximum absolute atomic E-state index is 12.4. The summed E-state index contributed by atoms with van der Waals surface area (Å²) in [5.41, 5.74) is 0. The Labute approximate surface area is 326 Å². The van der Waals surface area contributed by atoms with Crippen molar-refractivity contribution in [2.24, 2.45) is 0 Å². The first kappa shape index (κ1) is 50.2. The second-order valence-electron chi connectivity index (χ2n) is 12.1. The Kier molecular flexibility index (Phi) is 36.2. The lowest BCUT2D eigenvalue weighted by molar-refractivity contribution is -0.161. The van der Waals surface area contributed by atoms with Crippen molar-refractivity contribution in [1.82, 2.24) is 0 Å². The van der Waals surface area contributed by atoms with Crippen LogP contribution >= 0.6 is 7.82 Å². The van der Waals surface area contributed by atoms with Crippen LogP contribution in [0.3, 0.4) is 0 Å². The van der Waals surface area contributed by atoms with E-state index < -0.39 is 32.5 Å². The lowest BCUT2D eigenvalue weighted by Crippen LogP contribution is -2.29. The molecule has 54 heavy (non-hydrogen) atoms. The first-order valence-electron chi connectivity index (χ1n) is 19.5. The third-order valence-corrected chi connectivity index (χ3v) is 7.66. The zero-order valence-electron chi connectivity index (χ0n) is 32.8. The highest BCUT2D eigenvalue weighted by Crippen LogP contribution is 2.35. The Morgan fingerprint density at radius 2 is 0.833 bits per heavy atom. The molecule has 0 aliphatic rings. The Morgan fingerprint density at radius 1 is 0.481 bits per heavy atom. The van der Waals surface area contributed by atoms with Gasteiger partial charge in [0.2, 0.25) is 0 Å². The largest absolute Gasteiger partial charge is 0.469 e. The summed E-state index contributed by atoms with van der Waals surface area (Å²) in [6, 6.07) is 0. The van der Waals surface area contributed by atoms with Gasteiger partial charge in [-0.1, -0.05) is 148 Å². The Bertz CT molecular complexity index is 1320. The molecule has 0 fully saturated rings. The minimum absolute atomic E-state index is 0.0652. The van der Waals surface area contributed by atoms with Crippen LogP contribution in [-0.4, -0.2) is 41.0 Å². The van der Waals surface area contributed by atoms with Crippen molar-refractivity contribution in [1.29, 1.82) is 0 Å². The molecule has 300 valence electrons. The van der Waals surface area contributed by atoms with Gasteiger partial charge in [0.25, 0.3) is 0 Å². The molecule has 0 heterocycles. The third-order valence-electron chi connectivity index (χ3n) is 7.18. The molecule has 8 nitrogen and oxygen atoms in total. The van der Waals surface area contributed by atoms with Crippen molar-refractivity contribution >= 4 is 19.8 Å². The van der Waals surface area contributed by atoms with Crippen molar-refractivity contribution in [3.05, 3.63) is 134 Å². The highest BCUT2D eigenvalue weighted by molar-refractivity contribution is 7.46. The zero-order valence-corrected chi connectivity index (χ0v) is 33.7. The molecule has 2 N–H and O–H groups in total. The number of allylic oxidation sites excluding steroid dienone is 22. The quantitative estimate of drug-likeness (QED) is 0.0293. The molecular formula is C45H67O8P. The van der Waals surface area contributed by atoms with Crippen molar-refractivity contribution < 1.29 is 37.9 Å². The van der Waals surface area contributed by atoms with Crippen LogP contribution in [0.1, 0.15) is 117 Å². The van der Waals surface area contributed by atoms with E-state index in [0.29, 0.717) is 19.3 Å². The number of ether oxygens (including phenoxy) is 2. The number of unbranched alkanes of at least 4 members (excludes halogenated alkanes) is 1. The van der Waals surface area contributed by atoms with Crippen LogP contribution in [-0.2, 0) is 28.2 Å². The number of carbonyl (C=O) groups excluding carboxylic acids is 2. The monoisotopic (exact) mass is 766 g/mol. The van der Waals surface area contributed by atoms with E-state index in [4.69, 9.17) is 19.3 Å². The van der Waals surface area contributed by atoms with E-state index in [9.17, 15) is 14.2 Å². The lowest BCUT2D eigenvalue weighted by atomic mass is 10.2. The van der Waals surface area contributed by atoms with Gasteiger partial charge < -0.3 is 19.3 Å². The Hall–Kier alpha value is -3.81. The fourth-order valence-electron chi connectivity index (χ4n) is 4.37. The summed E-state index contributed by atoms with van der Waals surface area (Å²) in [5, 5.41) is 0. The van der Waals surface area contributed by atoms with E-state index in [1.807, 2.05) is 24.3 Å². The number of carbonyl (C=O) groups is 2. The topological polar surface area (TPSA) is 119 Å². The predicted molar refractivity (Wildman–Crippen MR) is 225 cm³/mol. The van der Waals surface area contributed by atoms with Gasteiger partial charge in [0, 0.05) is 12.8 Å². The molecule has 0 aliphatic carbocycles. The Morgan fingerprint density at radius 3 is 1.20 bits per heavy atom. The molecule has 1 atom stereocenters. The molecule has 9 heteroatoms. The van der Waals surface area contributed by atoms with E-state index >= 15 is 0 Å². The molecule has 0 aromatic carbocycles. The van der Waals surface area contributed by atoms with E-state index in [2.05, 4.69) is 128 Å². The molecular weight excluding hydrogens is 699 g/mol. The summed E-state index contributed by atoms with van der Waals surface area (Å²) in [6.45, 7) is 3.31. The molecule has 0 bridgehead atoms. The molecule has 0 unspecified atom stereocenters. The summed E-state index contributed by atoms with van der Waals surface area (Å²) in [4.78, 5) is 42.7. The van der Waals surface area contributed by atoms with Crippen molar-refractivity contribution in [2.75, 3.05) is 13.2 Å². The SMILES string of the molecule is CC/C=C/C/C=C/C/C=C/C/C=C/C/C=C/C/C=C/CCC(=O)O[C@H](COC(=O)CCC/C=C/C/C=C/C/C=C/C/C=C/C/C=C/CC)COP(=O)(O)O. The van der Waals surface area contributed by atoms with Crippen LogP contribution in [0.25, 0.3) is 0 Å². The van der Waals surface area contributed by atoms with Gasteiger partial charge in [-0.2, -0.15) is 0 Å². The van der Waals surface area contributed by atoms with Crippen LogP contribution in [0.4, 0.5) is 0 Å². The molecule has 0 amide bonds. The highest BCUT2D eigenvalue weighted by atomic mass is 31.2. The van der Waals surface area contributed by atoms with Gasteiger partial charge in [0.05, 0.1) is 6.61 Å². The number of hydrogen-bond donors (Lipinski definition) is 2. The number of phosphoric ester groups is 1. The highest BCUT2D eigenvalue weighted by Gasteiger charge is 2.22. The summed E-state index contributed by atoms with van der Waals surface area (Å²) < 4.78 is 26.2. The number of phosphoric acid groups is 1. The zero-order chi connectivity index (χ0) is 39.6. The average Bonchev–Trinajstić information content (AvgIpc) is 3.14. The van der Waals surface area contributed by atoms with Gasteiger partial charge >= 0.3 is 19.8 Å². The minimum Gasteiger partial charge on any atom is -0.462 e. The van der Waals surface area contributed by atoms with E-state index in [1.54, 1.807) is 0 Å². The van der Waals surface area contributed by atoms with Crippen molar-refractivity contribution in [2.45, 2.75) is 123 Å². The van der Waals surface area contributed by atoms with Crippen LogP contribution in [0.15, 0.2) is 134 Å². The molecule has 0 aromatic rings.